The number of hydrogen-bond acceptors (Lipinski definition) is 1. The Kier molecular flexibility index (Phi) is 3.10. The maximum Gasteiger partial charge on any atom is 0.159 e. The van der Waals surface area contributed by atoms with Gasteiger partial charge in [-0.3, -0.25) is 0 Å². The maximum atomic E-state index is 13.5. The molecule has 3 heteroatoms. The first-order valence-corrected chi connectivity index (χ1v) is 6.93. The lowest BCUT2D eigenvalue weighted by atomic mass is 9.81. The van der Waals surface area contributed by atoms with Crippen molar-refractivity contribution in [2.75, 3.05) is 6.54 Å². The maximum absolute atomic E-state index is 13.5. The molecule has 1 aliphatic heterocycles. The molecular formula is C15H19F2N. The minimum Gasteiger partial charge on any atom is -0.307 e. The van der Waals surface area contributed by atoms with E-state index in [-0.39, 0.29) is 5.54 Å². The second-order valence-corrected chi connectivity index (χ2v) is 5.61. The molecular weight excluding hydrogens is 232 g/mol. The van der Waals surface area contributed by atoms with E-state index >= 15 is 0 Å². The van der Waals surface area contributed by atoms with Gasteiger partial charge < -0.3 is 5.32 Å². The lowest BCUT2D eigenvalue weighted by molar-refractivity contribution is 0.277. The zero-order chi connectivity index (χ0) is 12.6. The first kappa shape index (κ1) is 12.1. The number of hydrogen-bond donors (Lipinski definition) is 1. The third kappa shape index (κ3) is 2.05. The quantitative estimate of drug-likeness (QED) is 0.844. The Hall–Kier alpha value is -0.960. The first-order chi connectivity index (χ1) is 8.72. The molecule has 1 aliphatic carbocycles. The van der Waals surface area contributed by atoms with Crippen molar-refractivity contribution < 1.29 is 8.78 Å². The highest BCUT2D eigenvalue weighted by atomic mass is 19.2. The van der Waals surface area contributed by atoms with Crippen molar-refractivity contribution in [3.05, 3.63) is 35.4 Å². The zero-order valence-corrected chi connectivity index (χ0v) is 10.5. The van der Waals surface area contributed by atoms with Crippen LogP contribution >= 0.6 is 0 Å². The average Bonchev–Trinajstić information content (AvgIpc) is 3.17. The standard InChI is InChI=1S/C15H19F2N/c16-13-7-6-12(10-14(13)17)15(11-4-5-11)8-2-1-3-9-18-15/h6-7,10-11,18H,1-5,8-9H2. The molecule has 0 spiro atoms. The lowest BCUT2D eigenvalue weighted by Crippen LogP contribution is -2.44. The highest BCUT2D eigenvalue weighted by Crippen LogP contribution is 2.49. The highest BCUT2D eigenvalue weighted by Gasteiger charge is 2.46. The summed E-state index contributed by atoms with van der Waals surface area (Å²) in [5.41, 5.74) is 0.830. The molecule has 18 heavy (non-hydrogen) atoms. The van der Waals surface area contributed by atoms with E-state index in [4.69, 9.17) is 0 Å². The predicted octanol–water partition coefficient (Wildman–Crippen LogP) is 3.73. The Morgan fingerprint density at radius 2 is 1.89 bits per heavy atom. The summed E-state index contributed by atoms with van der Waals surface area (Å²) in [6.07, 6.45) is 7.02. The van der Waals surface area contributed by atoms with Crippen LogP contribution in [0.2, 0.25) is 0 Å². The van der Waals surface area contributed by atoms with Crippen molar-refractivity contribution in [3.63, 3.8) is 0 Å². The molecule has 1 saturated heterocycles. The van der Waals surface area contributed by atoms with Crippen LogP contribution in [0, 0.1) is 17.6 Å². The van der Waals surface area contributed by atoms with Gasteiger partial charge in [-0.15, -0.1) is 0 Å². The summed E-state index contributed by atoms with van der Waals surface area (Å²) in [5.74, 6) is -0.877. The van der Waals surface area contributed by atoms with Crippen molar-refractivity contribution >= 4 is 0 Å². The van der Waals surface area contributed by atoms with Gasteiger partial charge in [-0.05, 0) is 55.8 Å². The Labute approximate surface area is 107 Å². The average molecular weight is 251 g/mol. The number of halogens is 2. The van der Waals surface area contributed by atoms with Gasteiger partial charge in [-0.25, -0.2) is 8.78 Å². The molecule has 0 amide bonds. The van der Waals surface area contributed by atoms with Crippen LogP contribution in [-0.4, -0.2) is 6.54 Å². The third-order valence-electron chi connectivity index (χ3n) is 4.40. The largest absolute Gasteiger partial charge is 0.307 e. The van der Waals surface area contributed by atoms with Gasteiger partial charge in [0.2, 0.25) is 0 Å². The second-order valence-electron chi connectivity index (χ2n) is 5.61. The fourth-order valence-electron chi connectivity index (χ4n) is 3.29. The molecule has 1 nitrogen and oxygen atoms in total. The Morgan fingerprint density at radius 1 is 1.06 bits per heavy atom. The Bertz CT molecular complexity index is 432. The summed E-state index contributed by atoms with van der Waals surface area (Å²) in [6, 6.07) is 4.42. The van der Waals surface area contributed by atoms with Crippen molar-refractivity contribution in [1.82, 2.24) is 5.32 Å². The summed E-state index contributed by atoms with van der Waals surface area (Å²) >= 11 is 0. The number of benzene rings is 1. The summed E-state index contributed by atoms with van der Waals surface area (Å²) in [4.78, 5) is 0. The summed E-state index contributed by atoms with van der Waals surface area (Å²) in [6.45, 7) is 0.982. The van der Waals surface area contributed by atoms with Crippen LogP contribution in [0.15, 0.2) is 18.2 Å². The van der Waals surface area contributed by atoms with E-state index in [1.807, 2.05) is 0 Å². The minimum absolute atomic E-state index is 0.106. The molecule has 0 aromatic heterocycles. The summed E-state index contributed by atoms with van der Waals surface area (Å²) in [7, 11) is 0. The number of rotatable bonds is 2. The molecule has 3 rings (SSSR count). The van der Waals surface area contributed by atoms with Crippen molar-refractivity contribution in [2.45, 2.75) is 44.1 Å². The summed E-state index contributed by atoms with van der Waals surface area (Å²) < 4.78 is 26.6. The van der Waals surface area contributed by atoms with Crippen molar-refractivity contribution in [2.24, 2.45) is 5.92 Å². The van der Waals surface area contributed by atoms with Gasteiger partial charge in [0.05, 0.1) is 0 Å². The van der Waals surface area contributed by atoms with Crippen LogP contribution in [0.3, 0.4) is 0 Å². The normalized spacial score (nSPS) is 29.0. The van der Waals surface area contributed by atoms with Crippen molar-refractivity contribution in [3.8, 4) is 0 Å². The van der Waals surface area contributed by atoms with E-state index < -0.39 is 11.6 Å². The van der Waals surface area contributed by atoms with E-state index in [1.165, 1.54) is 44.2 Å². The Balaban J connectivity index is 1.99. The van der Waals surface area contributed by atoms with Gasteiger partial charge in [-0.2, -0.15) is 0 Å². The van der Waals surface area contributed by atoms with E-state index in [0.29, 0.717) is 5.92 Å². The van der Waals surface area contributed by atoms with Crippen LogP contribution in [-0.2, 0) is 5.54 Å². The van der Waals surface area contributed by atoms with Gasteiger partial charge in [0.25, 0.3) is 0 Å². The molecule has 1 aromatic rings. The van der Waals surface area contributed by atoms with E-state index in [1.54, 1.807) is 6.07 Å². The molecule has 1 heterocycles. The molecule has 2 aliphatic rings. The van der Waals surface area contributed by atoms with Gasteiger partial charge in [0.1, 0.15) is 0 Å². The van der Waals surface area contributed by atoms with E-state index in [0.717, 1.165) is 18.5 Å². The smallest absolute Gasteiger partial charge is 0.159 e. The Morgan fingerprint density at radius 3 is 2.61 bits per heavy atom. The van der Waals surface area contributed by atoms with Crippen LogP contribution < -0.4 is 5.32 Å². The molecule has 1 aromatic carbocycles. The SMILES string of the molecule is Fc1ccc(C2(C3CC3)CCCCCN2)cc1F. The van der Waals surface area contributed by atoms with Crippen LogP contribution in [0.5, 0.6) is 0 Å². The monoisotopic (exact) mass is 251 g/mol. The van der Waals surface area contributed by atoms with E-state index in [2.05, 4.69) is 5.32 Å². The third-order valence-corrected chi connectivity index (χ3v) is 4.40. The lowest BCUT2D eigenvalue weighted by Gasteiger charge is -2.35. The zero-order valence-electron chi connectivity index (χ0n) is 10.5. The van der Waals surface area contributed by atoms with Gasteiger partial charge in [-0.1, -0.05) is 18.9 Å². The molecule has 0 bridgehead atoms. The first-order valence-electron chi connectivity index (χ1n) is 6.93. The fourth-order valence-corrected chi connectivity index (χ4v) is 3.29. The molecule has 2 fully saturated rings. The molecule has 1 saturated carbocycles. The van der Waals surface area contributed by atoms with Crippen molar-refractivity contribution in [1.29, 1.82) is 0 Å². The molecule has 1 atom stereocenters. The van der Waals surface area contributed by atoms with E-state index in [9.17, 15) is 8.78 Å². The van der Waals surface area contributed by atoms with Crippen LogP contribution in [0.1, 0.15) is 44.1 Å². The molecule has 0 radical (unpaired) electrons. The van der Waals surface area contributed by atoms with Gasteiger partial charge >= 0.3 is 0 Å². The molecule has 1 N–H and O–H groups in total. The topological polar surface area (TPSA) is 12.0 Å². The van der Waals surface area contributed by atoms with Gasteiger partial charge in [0, 0.05) is 5.54 Å². The van der Waals surface area contributed by atoms with Crippen LogP contribution in [0.25, 0.3) is 0 Å². The minimum atomic E-state index is -0.752. The second kappa shape index (κ2) is 4.61. The fraction of sp³-hybridized carbons (Fsp3) is 0.600. The predicted molar refractivity (Wildman–Crippen MR) is 67.2 cm³/mol. The highest BCUT2D eigenvalue weighted by molar-refractivity contribution is 5.29. The van der Waals surface area contributed by atoms with Crippen LogP contribution in [0.4, 0.5) is 8.78 Å². The number of nitrogens with one attached hydrogen (secondary N) is 1. The molecule has 1 unspecified atom stereocenters. The molecule has 98 valence electrons. The van der Waals surface area contributed by atoms with Gasteiger partial charge in [0.15, 0.2) is 11.6 Å². The summed E-state index contributed by atoms with van der Waals surface area (Å²) in [5, 5.41) is 3.63.